The molecule has 1 aromatic heterocycles. The molecule has 0 saturated heterocycles. The van der Waals surface area contributed by atoms with Crippen LogP contribution in [0.15, 0.2) is 52.0 Å². The summed E-state index contributed by atoms with van der Waals surface area (Å²) in [5.41, 5.74) is -2.25. The standard InChI is InChI=1S/C19H15F4N3O4S/c1-10-7-12(20)3-6-17(10)31(28,29)26-16-5-4-13(8-15(16)19(21,22)23)25-18(27)14-9-24-30-11(14)2/h3-9,26H,1-2H3,(H,25,27). The van der Waals surface area contributed by atoms with Gasteiger partial charge in [-0.1, -0.05) is 5.16 Å². The number of aryl methyl sites for hydroxylation is 2. The van der Waals surface area contributed by atoms with Crippen LogP contribution in [-0.4, -0.2) is 19.5 Å². The molecule has 0 radical (unpaired) electrons. The van der Waals surface area contributed by atoms with Gasteiger partial charge in [-0.15, -0.1) is 0 Å². The molecule has 2 N–H and O–H groups in total. The van der Waals surface area contributed by atoms with Gasteiger partial charge in [0.1, 0.15) is 17.1 Å². The fraction of sp³-hybridized carbons (Fsp3) is 0.158. The van der Waals surface area contributed by atoms with Gasteiger partial charge in [0, 0.05) is 5.69 Å². The maximum absolute atomic E-state index is 13.6. The highest BCUT2D eigenvalue weighted by atomic mass is 32.2. The molecule has 0 atom stereocenters. The summed E-state index contributed by atoms with van der Waals surface area (Å²) < 4.78 is 85.8. The van der Waals surface area contributed by atoms with Crippen molar-refractivity contribution >= 4 is 27.3 Å². The Labute approximate surface area is 174 Å². The van der Waals surface area contributed by atoms with E-state index < -0.39 is 39.2 Å². The quantitative estimate of drug-likeness (QED) is 0.550. The number of hydrogen-bond donors (Lipinski definition) is 2. The van der Waals surface area contributed by atoms with Crippen molar-refractivity contribution < 1.29 is 35.3 Å². The van der Waals surface area contributed by atoms with Gasteiger partial charge in [-0.3, -0.25) is 9.52 Å². The number of halogens is 4. The van der Waals surface area contributed by atoms with Crippen LogP contribution < -0.4 is 10.0 Å². The van der Waals surface area contributed by atoms with E-state index in [0.717, 1.165) is 36.5 Å². The summed E-state index contributed by atoms with van der Waals surface area (Å²) in [6, 6.07) is 5.36. The molecule has 0 fully saturated rings. The third kappa shape index (κ3) is 4.85. The van der Waals surface area contributed by atoms with E-state index in [4.69, 9.17) is 4.52 Å². The zero-order valence-corrected chi connectivity index (χ0v) is 16.9. The van der Waals surface area contributed by atoms with Crippen molar-refractivity contribution in [3.8, 4) is 0 Å². The molecule has 7 nitrogen and oxygen atoms in total. The van der Waals surface area contributed by atoms with Crippen LogP contribution in [0, 0.1) is 19.7 Å². The summed E-state index contributed by atoms with van der Waals surface area (Å²) >= 11 is 0. The number of nitrogens with zero attached hydrogens (tertiary/aromatic N) is 1. The van der Waals surface area contributed by atoms with E-state index in [0.29, 0.717) is 6.07 Å². The Bertz CT molecular complexity index is 1250. The number of amides is 1. The summed E-state index contributed by atoms with van der Waals surface area (Å²) in [6.45, 7) is 2.77. The van der Waals surface area contributed by atoms with E-state index in [1.54, 1.807) is 0 Å². The van der Waals surface area contributed by atoms with E-state index in [-0.39, 0.29) is 27.5 Å². The minimum atomic E-state index is -4.94. The molecule has 0 bridgehead atoms. The Kier molecular flexibility index (Phi) is 5.77. The number of hydrogen-bond acceptors (Lipinski definition) is 5. The minimum absolute atomic E-state index is 0.0223. The maximum atomic E-state index is 13.6. The molecule has 31 heavy (non-hydrogen) atoms. The molecule has 3 aromatic rings. The lowest BCUT2D eigenvalue weighted by atomic mass is 10.1. The van der Waals surface area contributed by atoms with Gasteiger partial charge in [-0.2, -0.15) is 13.2 Å². The molecule has 0 unspecified atom stereocenters. The Balaban J connectivity index is 1.95. The van der Waals surface area contributed by atoms with Gasteiger partial charge in [0.2, 0.25) is 0 Å². The molecule has 3 rings (SSSR count). The van der Waals surface area contributed by atoms with Crippen molar-refractivity contribution in [1.82, 2.24) is 5.16 Å². The van der Waals surface area contributed by atoms with E-state index in [2.05, 4.69) is 10.5 Å². The van der Waals surface area contributed by atoms with Crippen LogP contribution >= 0.6 is 0 Å². The number of nitrogens with one attached hydrogen (secondary N) is 2. The van der Waals surface area contributed by atoms with E-state index in [1.165, 1.54) is 13.8 Å². The third-order valence-electron chi connectivity index (χ3n) is 4.25. The average Bonchev–Trinajstić information content (AvgIpc) is 3.07. The monoisotopic (exact) mass is 457 g/mol. The molecule has 1 amide bonds. The first-order valence-electron chi connectivity index (χ1n) is 8.61. The van der Waals surface area contributed by atoms with Crippen molar-refractivity contribution in [3.05, 3.63) is 70.9 Å². The normalized spacial score (nSPS) is 11.9. The lowest BCUT2D eigenvalue weighted by Gasteiger charge is -2.17. The fourth-order valence-electron chi connectivity index (χ4n) is 2.77. The summed E-state index contributed by atoms with van der Waals surface area (Å²) in [6.07, 6.45) is -3.83. The van der Waals surface area contributed by atoms with Gasteiger partial charge in [0.15, 0.2) is 0 Å². The van der Waals surface area contributed by atoms with Gasteiger partial charge < -0.3 is 9.84 Å². The second-order valence-electron chi connectivity index (χ2n) is 6.52. The number of sulfonamides is 1. The second kappa shape index (κ2) is 8.02. The molecular formula is C19H15F4N3O4S. The summed E-state index contributed by atoms with van der Waals surface area (Å²) in [4.78, 5) is 11.8. The first-order chi connectivity index (χ1) is 14.4. The number of carbonyl (C=O) groups excluding carboxylic acids is 1. The van der Waals surface area contributed by atoms with Crippen LogP contribution in [0.1, 0.15) is 27.2 Å². The number of benzene rings is 2. The van der Waals surface area contributed by atoms with Crippen LogP contribution in [-0.2, 0) is 16.2 Å². The minimum Gasteiger partial charge on any atom is -0.361 e. The predicted molar refractivity (Wildman–Crippen MR) is 103 cm³/mol. The van der Waals surface area contributed by atoms with Crippen molar-refractivity contribution in [1.29, 1.82) is 0 Å². The molecule has 0 saturated carbocycles. The molecule has 0 aliphatic rings. The van der Waals surface area contributed by atoms with E-state index in [1.807, 2.05) is 4.72 Å². The molecule has 0 aliphatic carbocycles. The number of alkyl halides is 3. The van der Waals surface area contributed by atoms with Crippen LogP contribution in [0.5, 0.6) is 0 Å². The van der Waals surface area contributed by atoms with E-state index in [9.17, 15) is 30.8 Å². The molecule has 1 heterocycles. The largest absolute Gasteiger partial charge is 0.418 e. The van der Waals surface area contributed by atoms with Gasteiger partial charge in [0.25, 0.3) is 15.9 Å². The van der Waals surface area contributed by atoms with Crippen molar-refractivity contribution in [3.63, 3.8) is 0 Å². The molecule has 2 aromatic carbocycles. The first-order valence-corrected chi connectivity index (χ1v) is 10.1. The van der Waals surface area contributed by atoms with Gasteiger partial charge in [-0.05, 0) is 55.8 Å². The Morgan fingerprint density at radius 1 is 1.10 bits per heavy atom. The van der Waals surface area contributed by atoms with E-state index >= 15 is 0 Å². The highest BCUT2D eigenvalue weighted by molar-refractivity contribution is 7.92. The second-order valence-corrected chi connectivity index (χ2v) is 8.17. The number of anilines is 2. The fourth-order valence-corrected chi connectivity index (χ4v) is 4.08. The zero-order valence-electron chi connectivity index (χ0n) is 16.0. The van der Waals surface area contributed by atoms with Crippen LogP contribution in [0.2, 0.25) is 0 Å². The number of carbonyl (C=O) groups is 1. The number of aromatic nitrogens is 1. The van der Waals surface area contributed by atoms with Crippen LogP contribution in [0.3, 0.4) is 0 Å². The zero-order chi connectivity index (χ0) is 23.0. The lowest BCUT2D eigenvalue weighted by molar-refractivity contribution is -0.136. The summed E-state index contributed by atoms with van der Waals surface area (Å²) in [5, 5.41) is 5.70. The van der Waals surface area contributed by atoms with Crippen LogP contribution in [0.25, 0.3) is 0 Å². The molecule has 0 spiro atoms. The first kappa shape index (κ1) is 22.3. The smallest absolute Gasteiger partial charge is 0.361 e. The molecular weight excluding hydrogens is 442 g/mol. The van der Waals surface area contributed by atoms with Gasteiger partial charge in [0.05, 0.1) is 22.3 Å². The summed E-state index contributed by atoms with van der Waals surface area (Å²) in [5.74, 6) is -1.26. The molecule has 164 valence electrons. The van der Waals surface area contributed by atoms with Crippen molar-refractivity contribution in [2.75, 3.05) is 10.0 Å². The van der Waals surface area contributed by atoms with Gasteiger partial charge >= 0.3 is 6.18 Å². The number of rotatable bonds is 5. The third-order valence-corrected chi connectivity index (χ3v) is 5.77. The Morgan fingerprint density at radius 3 is 2.39 bits per heavy atom. The van der Waals surface area contributed by atoms with Crippen molar-refractivity contribution in [2.24, 2.45) is 0 Å². The molecule has 12 heteroatoms. The highest BCUT2D eigenvalue weighted by Gasteiger charge is 2.35. The van der Waals surface area contributed by atoms with Crippen molar-refractivity contribution in [2.45, 2.75) is 24.9 Å². The average molecular weight is 457 g/mol. The topological polar surface area (TPSA) is 101 Å². The Morgan fingerprint density at radius 2 is 1.81 bits per heavy atom. The highest BCUT2D eigenvalue weighted by Crippen LogP contribution is 2.37. The maximum Gasteiger partial charge on any atom is 0.418 e. The summed E-state index contributed by atoms with van der Waals surface area (Å²) in [7, 11) is -4.45. The van der Waals surface area contributed by atoms with Crippen LogP contribution in [0.4, 0.5) is 28.9 Å². The van der Waals surface area contributed by atoms with Gasteiger partial charge in [-0.25, -0.2) is 12.8 Å². The molecule has 0 aliphatic heterocycles. The Hall–Kier alpha value is -3.41. The predicted octanol–water partition coefficient (Wildman–Crippen LogP) is 4.50. The SMILES string of the molecule is Cc1cc(F)ccc1S(=O)(=O)Nc1ccc(NC(=O)c2cnoc2C)cc1C(F)(F)F. The lowest BCUT2D eigenvalue weighted by Crippen LogP contribution is -2.19.